The van der Waals surface area contributed by atoms with Gasteiger partial charge in [0.1, 0.15) is 0 Å². The van der Waals surface area contributed by atoms with Crippen LogP contribution in [0.3, 0.4) is 0 Å². The smallest absolute Gasteiger partial charge is 0.0714 e. The molecule has 96 valence electrons. The van der Waals surface area contributed by atoms with Crippen molar-refractivity contribution in [2.45, 2.75) is 12.8 Å². The van der Waals surface area contributed by atoms with E-state index in [9.17, 15) is 0 Å². The fourth-order valence-electron chi connectivity index (χ4n) is 2.56. The van der Waals surface area contributed by atoms with Crippen molar-refractivity contribution < 1.29 is 0 Å². The lowest BCUT2D eigenvalue weighted by atomic mass is 9.98. The zero-order valence-electron chi connectivity index (χ0n) is 10.5. The second kappa shape index (κ2) is 5.18. The molecule has 2 aromatic rings. The number of nitriles is 1. The molecule has 1 aromatic heterocycles. The molecule has 4 heteroatoms. The van der Waals surface area contributed by atoms with E-state index < -0.39 is 0 Å². The van der Waals surface area contributed by atoms with Gasteiger partial charge in [-0.1, -0.05) is 15.9 Å². The Kier molecular flexibility index (Phi) is 3.39. The minimum absolute atomic E-state index is 0.227. The molecule has 1 aliphatic rings. The summed E-state index contributed by atoms with van der Waals surface area (Å²) in [5.74, 6) is 0.227. The van der Waals surface area contributed by atoms with Crippen molar-refractivity contribution >= 4 is 32.5 Å². The van der Waals surface area contributed by atoms with Crippen molar-refractivity contribution in [1.29, 1.82) is 5.26 Å². The van der Waals surface area contributed by atoms with Gasteiger partial charge in [0.25, 0.3) is 0 Å². The molecule has 3 nitrogen and oxygen atoms in total. The number of hydrogen-bond donors (Lipinski definition) is 0. The number of pyridine rings is 1. The van der Waals surface area contributed by atoms with Crippen LogP contribution in [0.15, 0.2) is 34.9 Å². The van der Waals surface area contributed by atoms with Gasteiger partial charge in [0.2, 0.25) is 0 Å². The second-order valence-corrected chi connectivity index (χ2v) is 5.74. The van der Waals surface area contributed by atoms with Crippen molar-refractivity contribution in [3.8, 4) is 6.07 Å². The van der Waals surface area contributed by atoms with Gasteiger partial charge in [-0.3, -0.25) is 4.98 Å². The van der Waals surface area contributed by atoms with Crippen LogP contribution in [-0.2, 0) is 0 Å². The van der Waals surface area contributed by atoms with E-state index in [1.807, 2.05) is 12.3 Å². The van der Waals surface area contributed by atoms with Crippen LogP contribution >= 0.6 is 15.9 Å². The molecule has 0 amide bonds. The van der Waals surface area contributed by atoms with Gasteiger partial charge in [-0.25, -0.2) is 0 Å². The third kappa shape index (κ3) is 2.43. The lowest BCUT2D eigenvalue weighted by molar-refractivity contribution is 0.488. The topological polar surface area (TPSA) is 39.9 Å². The molecule has 2 heterocycles. The number of anilines is 1. The molecule has 0 N–H and O–H groups in total. The van der Waals surface area contributed by atoms with Crippen LogP contribution in [-0.4, -0.2) is 18.1 Å². The summed E-state index contributed by atoms with van der Waals surface area (Å²) >= 11 is 3.57. The third-order valence-electron chi connectivity index (χ3n) is 3.71. The minimum atomic E-state index is 0.227. The Balaban J connectivity index is 1.90. The molecule has 0 atom stereocenters. The Labute approximate surface area is 121 Å². The lowest BCUT2D eigenvalue weighted by Crippen LogP contribution is -2.33. The number of rotatable bonds is 1. The summed E-state index contributed by atoms with van der Waals surface area (Å²) in [6, 6.07) is 10.7. The highest BCUT2D eigenvalue weighted by molar-refractivity contribution is 9.10. The first-order valence-corrected chi connectivity index (χ1v) is 7.26. The quantitative estimate of drug-likeness (QED) is 0.805. The first-order chi connectivity index (χ1) is 9.28. The third-order valence-corrected chi connectivity index (χ3v) is 4.41. The number of halogens is 1. The number of benzene rings is 1. The van der Waals surface area contributed by atoms with Crippen LogP contribution in [0.4, 0.5) is 5.69 Å². The van der Waals surface area contributed by atoms with E-state index in [2.05, 4.69) is 50.1 Å². The Morgan fingerprint density at radius 1 is 1.26 bits per heavy atom. The van der Waals surface area contributed by atoms with Gasteiger partial charge in [-0.05, 0) is 37.1 Å². The molecule has 3 rings (SSSR count). The van der Waals surface area contributed by atoms with E-state index in [0.717, 1.165) is 41.3 Å². The summed E-state index contributed by atoms with van der Waals surface area (Å²) in [5.41, 5.74) is 2.22. The number of hydrogen-bond acceptors (Lipinski definition) is 3. The van der Waals surface area contributed by atoms with E-state index >= 15 is 0 Å². The zero-order valence-corrected chi connectivity index (χ0v) is 12.1. The van der Waals surface area contributed by atoms with Crippen LogP contribution in [0.2, 0.25) is 0 Å². The molecule has 1 saturated heterocycles. The molecule has 0 radical (unpaired) electrons. The molecule has 1 aliphatic heterocycles. The summed E-state index contributed by atoms with van der Waals surface area (Å²) in [7, 11) is 0. The van der Waals surface area contributed by atoms with Gasteiger partial charge < -0.3 is 4.90 Å². The molecule has 1 aromatic carbocycles. The van der Waals surface area contributed by atoms with Crippen molar-refractivity contribution in [2.75, 3.05) is 18.0 Å². The first-order valence-electron chi connectivity index (χ1n) is 6.47. The van der Waals surface area contributed by atoms with E-state index in [1.54, 1.807) is 0 Å². The van der Waals surface area contributed by atoms with Crippen LogP contribution in [0, 0.1) is 17.2 Å². The first kappa shape index (κ1) is 12.4. The van der Waals surface area contributed by atoms with Crippen molar-refractivity contribution in [3.63, 3.8) is 0 Å². The maximum Gasteiger partial charge on any atom is 0.0714 e. The normalized spacial score (nSPS) is 16.5. The maximum atomic E-state index is 8.94. The van der Waals surface area contributed by atoms with E-state index in [1.165, 1.54) is 5.69 Å². The van der Waals surface area contributed by atoms with Gasteiger partial charge in [0, 0.05) is 40.8 Å². The van der Waals surface area contributed by atoms with E-state index in [0.29, 0.717) is 0 Å². The monoisotopic (exact) mass is 315 g/mol. The predicted octanol–water partition coefficient (Wildman–Crippen LogP) is 3.74. The summed E-state index contributed by atoms with van der Waals surface area (Å²) in [6.07, 6.45) is 3.73. The van der Waals surface area contributed by atoms with Crippen LogP contribution in [0.5, 0.6) is 0 Å². The van der Waals surface area contributed by atoms with Crippen molar-refractivity contribution in [1.82, 2.24) is 4.98 Å². The van der Waals surface area contributed by atoms with Gasteiger partial charge >= 0.3 is 0 Å². The molecule has 0 bridgehead atoms. The number of aromatic nitrogens is 1. The fraction of sp³-hybridized carbons (Fsp3) is 0.333. The zero-order chi connectivity index (χ0) is 13.2. The fourth-order valence-corrected chi connectivity index (χ4v) is 3.00. The minimum Gasteiger partial charge on any atom is -0.371 e. The summed E-state index contributed by atoms with van der Waals surface area (Å²) < 4.78 is 1.08. The van der Waals surface area contributed by atoms with Crippen LogP contribution < -0.4 is 4.90 Å². The van der Waals surface area contributed by atoms with Gasteiger partial charge in [-0.15, -0.1) is 0 Å². The number of nitrogens with zero attached hydrogens (tertiary/aromatic N) is 3. The van der Waals surface area contributed by atoms with E-state index in [4.69, 9.17) is 5.26 Å². The van der Waals surface area contributed by atoms with Gasteiger partial charge in [0.05, 0.1) is 11.6 Å². The van der Waals surface area contributed by atoms with Crippen molar-refractivity contribution in [2.24, 2.45) is 5.92 Å². The molecular formula is C15H14BrN3. The largest absolute Gasteiger partial charge is 0.371 e. The maximum absolute atomic E-state index is 8.94. The van der Waals surface area contributed by atoms with Crippen molar-refractivity contribution in [3.05, 3.63) is 34.9 Å². The highest BCUT2D eigenvalue weighted by Crippen LogP contribution is 2.29. The average Bonchev–Trinajstić information content (AvgIpc) is 2.47. The molecular weight excluding hydrogens is 302 g/mol. The highest BCUT2D eigenvalue weighted by atomic mass is 79.9. The molecule has 1 fully saturated rings. The number of fused-ring (bicyclic) bond motifs is 1. The number of piperidine rings is 1. The molecule has 0 unspecified atom stereocenters. The molecule has 0 aliphatic carbocycles. The Morgan fingerprint density at radius 3 is 2.79 bits per heavy atom. The Morgan fingerprint density at radius 2 is 2.05 bits per heavy atom. The molecule has 19 heavy (non-hydrogen) atoms. The molecule has 0 saturated carbocycles. The van der Waals surface area contributed by atoms with E-state index in [-0.39, 0.29) is 5.92 Å². The summed E-state index contributed by atoms with van der Waals surface area (Å²) in [5, 5.41) is 10.1. The van der Waals surface area contributed by atoms with Gasteiger partial charge in [-0.2, -0.15) is 5.26 Å². The summed E-state index contributed by atoms with van der Waals surface area (Å²) in [4.78, 5) is 6.72. The van der Waals surface area contributed by atoms with Crippen LogP contribution in [0.1, 0.15) is 12.8 Å². The lowest BCUT2D eigenvalue weighted by Gasteiger charge is -2.31. The predicted molar refractivity (Wildman–Crippen MR) is 80.0 cm³/mol. The standard InChI is InChI=1S/C15H14BrN3/c16-14-3-6-18-15-2-1-12(9-13(14)15)19-7-4-11(10-17)5-8-19/h1-3,6,9,11H,4-5,7-8H2. The van der Waals surface area contributed by atoms with Gasteiger partial charge in [0.15, 0.2) is 0 Å². The van der Waals surface area contributed by atoms with Crippen LogP contribution in [0.25, 0.3) is 10.9 Å². The average molecular weight is 316 g/mol. The second-order valence-electron chi connectivity index (χ2n) is 4.88. The molecule has 0 spiro atoms. The Bertz CT molecular complexity index is 639. The Hall–Kier alpha value is -1.60. The SMILES string of the molecule is N#CC1CCN(c2ccc3nccc(Br)c3c2)CC1. The highest BCUT2D eigenvalue weighted by Gasteiger charge is 2.19. The summed E-state index contributed by atoms with van der Waals surface area (Å²) in [6.45, 7) is 1.92.